The van der Waals surface area contributed by atoms with E-state index in [1.54, 1.807) is 18.2 Å². The molecule has 5 nitrogen and oxygen atoms in total. The molecule has 3 aliphatic rings. The Balaban J connectivity index is 1.38. The SMILES string of the molecule is O=C(Nc1ccc(N2C(=O)[C@@H]3[C@@H](C2=O)[C@H]2C=C[C@H]3C2)cc1Cl)c1ccc(Cl)cc1Cl. The van der Waals surface area contributed by atoms with Crippen molar-refractivity contribution in [2.45, 2.75) is 6.42 Å². The minimum atomic E-state index is -0.447. The largest absolute Gasteiger partial charge is 0.321 e. The van der Waals surface area contributed by atoms with Gasteiger partial charge in [0.25, 0.3) is 5.91 Å². The van der Waals surface area contributed by atoms with Crippen molar-refractivity contribution in [2.75, 3.05) is 10.2 Å². The molecule has 0 radical (unpaired) electrons. The zero-order valence-corrected chi connectivity index (χ0v) is 17.7. The Morgan fingerprint density at radius 3 is 2.17 bits per heavy atom. The summed E-state index contributed by atoms with van der Waals surface area (Å²) in [5.41, 5.74) is 1.01. The van der Waals surface area contributed by atoms with E-state index < -0.39 is 5.91 Å². The minimum absolute atomic E-state index is 0.139. The van der Waals surface area contributed by atoms with E-state index in [0.717, 1.165) is 6.42 Å². The molecule has 2 aromatic rings. The number of carbonyl (C=O) groups excluding carboxylic acids is 3. The molecule has 1 heterocycles. The number of imide groups is 1. The molecular weight excluding hydrogens is 447 g/mol. The number of halogens is 3. The van der Waals surface area contributed by atoms with Gasteiger partial charge >= 0.3 is 0 Å². The maximum Gasteiger partial charge on any atom is 0.257 e. The number of benzene rings is 2. The monoisotopic (exact) mass is 460 g/mol. The van der Waals surface area contributed by atoms with Crippen LogP contribution in [-0.4, -0.2) is 17.7 Å². The molecule has 0 spiro atoms. The molecule has 152 valence electrons. The average Bonchev–Trinajstić information content (AvgIpc) is 3.37. The van der Waals surface area contributed by atoms with Crippen LogP contribution in [0.2, 0.25) is 15.1 Å². The number of nitrogens with zero attached hydrogens (tertiary/aromatic N) is 1. The van der Waals surface area contributed by atoms with Crippen LogP contribution in [0.3, 0.4) is 0 Å². The first-order chi connectivity index (χ1) is 14.3. The van der Waals surface area contributed by atoms with E-state index in [9.17, 15) is 14.4 Å². The number of fused-ring (bicyclic) bond motifs is 5. The van der Waals surface area contributed by atoms with Gasteiger partial charge in [0.1, 0.15) is 0 Å². The lowest BCUT2D eigenvalue weighted by molar-refractivity contribution is -0.123. The number of nitrogens with one attached hydrogen (secondary N) is 1. The van der Waals surface area contributed by atoms with Crippen LogP contribution in [0.4, 0.5) is 11.4 Å². The average molecular weight is 462 g/mol. The number of rotatable bonds is 3. The Morgan fingerprint density at radius 2 is 1.57 bits per heavy atom. The van der Waals surface area contributed by atoms with E-state index in [-0.39, 0.29) is 51.1 Å². The highest BCUT2D eigenvalue weighted by molar-refractivity contribution is 6.38. The highest BCUT2D eigenvalue weighted by Crippen LogP contribution is 2.53. The molecule has 1 aliphatic heterocycles. The van der Waals surface area contributed by atoms with E-state index in [4.69, 9.17) is 34.8 Å². The summed E-state index contributed by atoms with van der Waals surface area (Å²) in [6, 6.07) is 9.26. The van der Waals surface area contributed by atoms with Gasteiger partial charge in [-0.15, -0.1) is 0 Å². The van der Waals surface area contributed by atoms with Gasteiger partial charge in [-0.3, -0.25) is 14.4 Å². The van der Waals surface area contributed by atoms with Gasteiger partial charge in [0.15, 0.2) is 0 Å². The predicted molar refractivity (Wildman–Crippen MR) is 116 cm³/mol. The summed E-state index contributed by atoms with van der Waals surface area (Å²) >= 11 is 18.3. The smallest absolute Gasteiger partial charge is 0.257 e. The Labute approximate surface area is 187 Å². The second-order valence-electron chi connectivity index (χ2n) is 7.75. The maximum absolute atomic E-state index is 12.9. The van der Waals surface area contributed by atoms with Crippen molar-refractivity contribution in [1.29, 1.82) is 0 Å². The van der Waals surface area contributed by atoms with Crippen LogP contribution in [-0.2, 0) is 9.59 Å². The van der Waals surface area contributed by atoms with Gasteiger partial charge in [-0.1, -0.05) is 47.0 Å². The van der Waals surface area contributed by atoms with Crippen LogP contribution >= 0.6 is 34.8 Å². The molecule has 8 heteroatoms. The Morgan fingerprint density at radius 1 is 0.900 bits per heavy atom. The normalized spacial score (nSPS) is 26.4. The maximum atomic E-state index is 12.9. The van der Waals surface area contributed by atoms with Crippen molar-refractivity contribution in [3.63, 3.8) is 0 Å². The first-order valence-corrected chi connectivity index (χ1v) is 10.6. The fourth-order valence-electron chi connectivity index (χ4n) is 4.76. The van der Waals surface area contributed by atoms with Gasteiger partial charge in [0.05, 0.1) is 38.8 Å². The van der Waals surface area contributed by atoms with Crippen molar-refractivity contribution in [2.24, 2.45) is 23.7 Å². The number of allylic oxidation sites excluding steroid dienone is 2. The van der Waals surface area contributed by atoms with E-state index >= 15 is 0 Å². The molecular formula is C22H15Cl3N2O3. The van der Waals surface area contributed by atoms with E-state index in [1.165, 1.54) is 23.1 Å². The van der Waals surface area contributed by atoms with Crippen LogP contribution in [0, 0.1) is 23.7 Å². The van der Waals surface area contributed by atoms with Crippen molar-refractivity contribution in [3.8, 4) is 0 Å². The third kappa shape index (κ3) is 2.96. The summed E-state index contributed by atoms with van der Waals surface area (Å²) in [4.78, 5) is 39.7. The molecule has 2 aromatic carbocycles. The number of amides is 3. The molecule has 1 N–H and O–H groups in total. The third-order valence-corrected chi connectivity index (χ3v) is 6.97. The molecule has 2 fully saturated rings. The zero-order chi connectivity index (χ0) is 21.2. The van der Waals surface area contributed by atoms with Crippen LogP contribution in [0.25, 0.3) is 0 Å². The van der Waals surface area contributed by atoms with Gasteiger partial charge in [0, 0.05) is 5.02 Å². The van der Waals surface area contributed by atoms with Crippen molar-refractivity contribution < 1.29 is 14.4 Å². The number of carbonyl (C=O) groups is 3. The summed E-state index contributed by atoms with van der Waals surface area (Å²) < 4.78 is 0. The Hall–Kier alpha value is -2.34. The molecule has 2 aliphatic carbocycles. The summed E-state index contributed by atoms with van der Waals surface area (Å²) in [5, 5.41) is 3.55. The van der Waals surface area contributed by atoms with E-state index in [0.29, 0.717) is 16.4 Å². The second kappa shape index (κ2) is 7.12. The van der Waals surface area contributed by atoms with Crippen molar-refractivity contribution in [1.82, 2.24) is 0 Å². The quantitative estimate of drug-likeness (QED) is 0.504. The molecule has 1 saturated heterocycles. The molecule has 1 saturated carbocycles. The zero-order valence-electron chi connectivity index (χ0n) is 15.4. The van der Waals surface area contributed by atoms with Gasteiger partial charge in [-0.25, -0.2) is 4.90 Å². The molecule has 0 unspecified atom stereocenters. The molecule has 30 heavy (non-hydrogen) atoms. The third-order valence-electron chi connectivity index (χ3n) is 6.11. The highest BCUT2D eigenvalue weighted by atomic mass is 35.5. The minimum Gasteiger partial charge on any atom is -0.321 e. The lowest BCUT2D eigenvalue weighted by Crippen LogP contribution is -2.32. The number of hydrogen-bond donors (Lipinski definition) is 1. The van der Waals surface area contributed by atoms with Crippen molar-refractivity contribution >= 4 is 63.9 Å². The summed E-state index contributed by atoms with van der Waals surface area (Å²) in [5.74, 6) is -1.09. The summed E-state index contributed by atoms with van der Waals surface area (Å²) in [6.07, 6.45) is 4.97. The second-order valence-corrected chi connectivity index (χ2v) is 9.01. The molecule has 5 rings (SSSR count). The van der Waals surface area contributed by atoms with E-state index in [1.807, 2.05) is 12.2 Å². The number of hydrogen-bond acceptors (Lipinski definition) is 3. The van der Waals surface area contributed by atoms with Gasteiger partial charge in [0.2, 0.25) is 11.8 Å². The topological polar surface area (TPSA) is 66.5 Å². The van der Waals surface area contributed by atoms with Gasteiger partial charge < -0.3 is 5.32 Å². The number of anilines is 2. The van der Waals surface area contributed by atoms with Crippen LogP contribution in [0.15, 0.2) is 48.6 Å². The summed E-state index contributed by atoms with van der Waals surface area (Å²) in [6.45, 7) is 0. The first kappa shape index (κ1) is 19.6. The summed E-state index contributed by atoms with van der Waals surface area (Å²) in [7, 11) is 0. The fraction of sp³-hybridized carbons (Fsp3) is 0.227. The first-order valence-electron chi connectivity index (χ1n) is 9.47. The lowest BCUT2D eigenvalue weighted by Gasteiger charge is -2.18. The van der Waals surface area contributed by atoms with Crippen LogP contribution in [0.1, 0.15) is 16.8 Å². The van der Waals surface area contributed by atoms with Crippen LogP contribution in [0.5, 0.6) is 0 Å². The molecule has 3 amide bonds. The fourth-order valence-corrected chi connectivity index (χ4v) is 5.48. The van der Waals surface area contributed by atoms with Gasteiger partial charge in [-0.2, -0.15) is 0 Å². The Bertz CT molecular complexity index is 1120. The van der Waals surface area contributed by atoms with E-state index in [2.05, 4.69) is 5.32 Å². The predicted octanol–water partition coefficient (Wildman–Crippen LogP) is 5.21. The van der Waals surface area contributed by atoms with Crippen LogP contribution < -0.4 is 10.2 Å². The molecule has 2 bridgehead atoms. The highest BCUT2D eigenvalue weighted by Gasteiger charge is 2.59. The van der Waals surface area contributed by atoms with Gasteiger partial charge in [-0.05, 0) is 54.7 Å². The molecule has 4 atom stereocenters. The lowest BCUT2D eigenvalue weighted by atomic mass is 9.85. The standard InChI is InChI=1S/C22H15Cl3N2O3/c23-12-3-5-14(15(24)8-12)20(28)26-17-6-4-13(9-16(17)25)27-21(29)18-10-1-2-11(7-10)19(18)22(27)30/h1-6,8-11,18-19H,7H2,(H,26,28)/t10-,11-,18-,19-/m0/s1. The molecule has 0 aromatic heterocycles. The Kier molecular flexibility index (Phi) is 4.65. The van der Waals surface area contributed by atoms with Crippen molar-refractivity contribution in [3.05, 3.63) is 69.2 Å².